The zero-order valence-electron chi connectivity index (χ0n) is 11.8. The van der Waals surface area contributed by atoms with Gasteiger partial charge in [-0.05, 0) is 74.6 Å². The average Bonchev–Trinajstić information content (AvgIpc) is 2.45. The molecule has 1 saturated heterocycles. The summed E-state index contributed by atoms with van der Waals surface area (Å²) in [4.78, 5) is 4.33. The lowest BCUT2D eigenvalue weighted by molar-refractivity contribution is 0.201. The molecule has 2 atom stereocenters. The molecule has 1 aromatic heterocycles. The lowest BCUT2D eigenvalue weighted by Gasteiger charge is -2.37. The Morgan fingerprint density at radius 2 is 1.84 bits per heavy atom. The zero-order valence-corrected chi connectivity index (χ0v) is 11.8. The first-order valence-corrected chi connectivity index (χ1v) is 7.55. The Kier molecular flexibility index (Phi) is 4.02. The minimum absolute atomic E-state index is 0.685. The van der Waals surface area contributed by atoms with Gasteiger partial charge in [-0.25, -0.2) is 0 Å². The Labute approximate surface area is 115 Å². The second-order valence-electron chi connectivity index (χ2n) is 6.12. The molecule has 0 spiro atoms. The predicted molar refractivity (Wildman–Crippen MR) is 76.5 cm³/mol. The molecule has 19 heavy (non-hydrogen) atoms. The third kappa shape index (κ3) is 3.08. The Morgan fingerprint density at radius 3 is 2.53 bits per heavy atom. The van der Waals surface area contributed by atoms with Crippen molar-refractivity contribution in [2.45, 2.75) is 38.0 Å². The molecule has 3 heteroatoms. The minimum atomic E-state index is 0.685. The van der Waals surface area contributed by atoms with Crippen molar-refractivity contribution < 1.29 is 4.74 Å². The third-order valence-corrected chi connectivity index (χ3v) is 4.80. The van der Waals surface area contributed by atoms with E-state index in [1.807, 2.05) is 6.20 Å². The summed E-state index contributed by atoms with van der Waals surface area (Å²) in [7, 11) is 1.72. The van der Waals surface area contributed by atoms with Gasteiger partial charge in [0.1, 0.15) is 5.75 Å². The van der Waals surface area contributed by atoms with Gasteiger partial charge < -0.3 is 10.1 Å². The molecule has 1 saturated carbocycles. The number of nitrogens with one attached hydrogen (secondary N) is 1. The maximum atomic E-state index is 5.31. The second kappa shape index (κ2) is 5.91. The van der Waals surface area contributed by atoms with Gasteiger partial charge in [-0.1, -0.05) is 0 Å². The second-order valence-corrected chi connectivity index (χ2v) is 6.12. The molecule has 2 unspecified atom stereocenters. The third-order valence-electron chi connectivity index (χ3n) is 4.80. The van der Waals surface area contributed by atoms with Crippen LogP contribution in [0, 0.1) is 11.8 Å². The van der Waals surface area contributed by atoms with Crippen LogP contribution in [0.15, 0.2) is 18.5 Å². The van der Waals surface area contributed by atoms with Crippen molar-refractivity contribution >= 4 is 0 Å². The van der Waals surface area contributed by atoms with Gasteiger partial charge in [0.05, 0.1) is 13.3 Å². The smallest absolute Gasteiger partial charge is 0.137 e. The monoisotopic (exact) mass is 260 g/mol. The summed E-state index contributed by atoms with van der Waals surface area (Å²) in [6.45, 7) is 2.39. The van der Waals surface area contributed by atoms with E-state index in [2.05, 4.69) is 16.4 Å². The molecule has 2 heterocycles. The summed E-state index contributed by atoms with van der Waals surface area (Å²) in [5, 5.41) is 3.56. The van der Waals surface area contributed by atoms with E-state index >= 15 is 0 Å². The van der Waals surface area contributed by atoms with Crippen molar-refractivity contribution in [3.8, 4) is 5.75 Å². The number of aromatic nitrogens is 1. The molecule has 1 N–H and O–H groups in total. The summed E-state index contributed by atoms with van der Waals surface area (Å²) < 4.78 is 5.31. The summed E-state index contributed by atoms with van der Waals surface area (Å²) in [6, 6.07) is 2.18. The van der Waals surface area contributed by atoms with Crippen LogP contribution in [-0.4, -0.2) is 25.2 Å². The van der Waals surface area contributed by atoms with Crippen LogP contribution in [0.25, 0.3) is 0 Å². The number of ether oxygens (including phenoxy) is 1. The number of rotatable bonds is 2. The molecule has 0 aromatic carbocycles. The molecule has 0 radical (unpaired) electrons. The topological polar surface area (TPSA) is 34.1 Å². The highest BCUT2D eigenvalue weighted by atomic mass is 16.5. The predicted octanol–water partition coefficient (Wildman–Crippen LogP) is 2.97. The van der Waals surface area contributed by atoms with Crippen molar-refractivity contribution in [1.82, 2.24) is 10.3 Å². The standard InChI is InChI=1S/C16H24N2O/c1-19-16-9-15(10-18-11-16)14-7-12-2-4-17-5-3-13(6-12)8-14/h9-14,17H,2-8H2,1H3. The Balaban J connectivity index is 1.76. The molecule has 1 aliphatic carbocycles. The van der Waals surface area contributed by atoms with Gasteiger partial charge in [-0.2, -0.15) is 0 Å². The van der Waals surface area contributed by atoms with E-state index in [1.54, 1.807) is 13.3 Å². The lowest BCUT2D eigenvalue weighted by Crippen LogP contribution is -2.31. The Bertz CT molecular complexity index is 407. The van der Waals surface area contributed by atoms with Crippen molar-refractivity contribution in [1.29, 1.82) is 0 Å². The van der Waals surface area contributed by atoms with E-state index in [4.69, 9.17) is 4.74 Å². The molecule has 1 aromatic rings. The normalized spacial score (nSPS) is 31.3. The van der Waals surface area contributed by atoms with Crippen LogP contribution in [0.2, 0.25) is 0 Å². The van der Waals surface area contributed by atoms with Crippen LogP contribution in [0.1, 0.15) is 43.6 Å². The number of nitrogens with zero attached hydrogens (tertiary/aromatic N) is 1. The fourth-order valence-electron chi connectivity index (χ4n) is 3.82. The molecule has 3 rings (SSSR count). The van der Waals surface area contributed by atoms with E-state index in [9.17, 15) is 0 Å². The molecule has 2 aliphatic rings. The fourth-order valence-corrected chi connectivity index (χ4v) is 3.82. The van der Waals surface area contributed by atoms with Crippen LogP contribution in [0.3, 0.4) is 0 Å². The van der Waals surface area contributed by atoms with E-state index in [-0.39, 0.29) is 0 Å². The maximum absolute atomic E-state index is 5.31. The molecule has 1 aliphatic heterocycles. The molecule has 3 nitrogen and oxygen atoms in total. The van der Waals surface area contributed by atoms with Crippen LogP contribution in [0.5, 0.6) is 5.75 Å². The van der Waals surface area contributed by atoms with Gasteiger partial charge in [-0.3, -0.25) is 4.98 Å². The highest BCUT2D eigenvalue weighted by Gasteiger charge is 2.30. The highest BCUT2D eigenvalue weighted by molar-refractivity contribution is 5.26. The van der Waals surface area contributed by atoms with Crippen LogP contribution in [-0.2, 0) is 0 Å². The average molecular weight is 260 g/mol. The van der Waals surface area contributed by atoms with E-state index in [0.717, 1.165) is 17.6 Å². The van der Waals surface area contributed by atoms with Crippen molar-refractivity contribution in [3.63, 3.8) is 0 Å². The zero-order chi connectivity index (χ0) is 13.1. The molecular weight excluding hydrogens is 236 g/mol. The minimum Gasteiger partial charge on any atom is -0.495 e. The fraction of sp³-hybridized carbons (Fsp3) is 0.688. The van der Waals surface area contributed by atoms with E-state index in [0.29, 0.717) is 5.92 Å². The number of pyridine rings is 1. The summed E-state index contributed by atoms with van der Waals surface area (Å²) >= 11 is 0. The van der Waals surface area contributed by atoms with Gasteiger partial charge >= 0.3 is 0 Å². The Hall–Kier alpha value is -1.09. The van der Waals surface area contributed by atoms with Gasteiger partial charge in [0.2, 0.25) is 0 Å². The van der Waals surface area contributed by atoms with Gasteiger partial charge in [0.15, 0.2) is 0 Å². The van der Waals surface area contributed by atoms with Crippen molar-refractivity contribution in [2.75, 3.05) is 20.2 Å². The van der Waals surface area contributed by atoms with Gasteiger partial charge in [0, 0.05) is 6.20 Å². The molecule has 2 bridgehead atoms. The lowest BCUT2D eigenvalue weighted by atomic mass is 9.70. The van der Waals surface area contributed by atoms with Crippen molar-refractivity contribution in [2.24, 2.45) is 11.8 Å². The van der Waals surface area contributed by atoms with Crippen LogP contribution >= 0.6 is 0 Å². The largest absolute Gasteiger partial charge is 0.495 e. The Morgan fingerprint density at radius 1 is 1.11 bits per heavy atom. The van der Waals surface area contributed by atoms with E-state index < -0.39 is 0 Å². The highest BCUT2D eigenvalue weighted by Crippen LogP contribution is 2.42. The van der Waals surface area contributed by atoms with Crippen molar-refractivity contribution in [3.05, 3.63) is 24.0 Å². The first-order chi connectivity index (χ1) is 9.35. The maximum Gasteiger partial charge on any atom is 0.137 e. The molecule has 0 amide bonds. The number of hydrogen-bond donors (Lipinski definition) is 1. The summed E-state index contributed by atoms with van der Waals surface area (Å²) in [5.41, 5.74) is 1.38. The summed E-state index contributed by atoms with van der Waals surface area (Å²) in [5.74, 6) is 3.36. The van der Waals surface area contributed by atoms with Gasteiger partial charge in [-0.15, -0.1) is 0 Å². The molecule has 2 fully saturated rings. The number of methoxy groups -OCH3 is 1. The number of fused-ring (bicyclic) bond motifs is 2. The summed E-state index contributed by atoms with van der Waals surface area (Å²) in [6.07, 6.45) is 10.6. The van der Waals surface area contributed by atoms with E-state index in [1.165, 1.54) is 50.8 Å². The molecular formula is C16H24N2O. The molecule has 104 valence electrons. The van der Waals surface area contributed by atoms with Crippen LogP contribution in [0.4, 0.5) is 0 Å². The van der Waals surface area contributed by atoms with Gasteiger partial charge in [0.25, 0.3) is 0 Å². The number of hydrogen-bond acceptors (Lipinski definition) is 3. The SMILES string of the molecule is COc1cncc(C2CC3CCNCCC(C3)C2)c1. The van der Waals surface area contributed by atoms with Crippen LogP contribution < -0.4 is 10.1 Å². The quantitative estimate of drug-likeness (QED) is 0.887. The first-order valence-electron chi connectivity index (χ1n) is 7.55. The first kappa shape index (κ1) is 12.9.